The number of aliphatic hydroxyl groups is 1. The molecule has 0 aliphatic rings. The number of benzene rings is 1. The Bertz CT molecular complexity index is 378. The summed E-state index contributed by atoms with van der Waals surface area (Å²) in [5.74, 6) is -0.853. The maximum absolute atomic E-state index is 11.8. The number of rotatable bonds is 4. The van der Waals surface area contributed by atoms with Gasteiger partial charge in [-0.2, -0.15) is 0 Å². The minimum absolute atomic E-state index is 0.245. The van der Waals surface area contributed by atoms with E-state index in [1.54, 1.807) is 38.1 Å². The normalized spacial score (nSPS) is 16.4. The lowest BCUT2D eigenvalue weighted by Gasteiger charge is -2.35. The van der Waals surface area contributed by atoms with Crippen LogP contribution in [0.2, 0.25) is 0 Å². The number of carbonyl (C=O) groups is 1. The van der Waals surface area contributed by atoms with Crippen LogP contribution < -0.4 is 5.73 Å². The summed E-state index contributed by atoms with van der Waals surface area (Å²) in [4.78, 5) is 11.8. The van der Waals surface area contributed by atoms with Gasteiger partial charge in [-0.1, -0.05) is 44.2 Å². The minimum Gasteiger partial charge on any atom is -0.468 e. The van der Waals surface area contributed by atoms with Crippen LogP contribution in [0.5, 0.6) is 0 Å². The highest BCUT2D eigenvalue weighted by atomic mass is 16.5. The number of methoxy groups -OCH3 is 1. The molecular formula is C13H19NO3. The molecule has 0 aliphatic heterocycles. The van der Waals surface area contributed by atoms with E-state index in [1.807, 2.05) is 6.07 Å². The summed E-state index contributed by atoms with van der Waals surface area (Å²) in [6.45, 7) is 3.56. The Labute approximate surface area is 101 Å². The zero-order valence-electron chi connectivity index (χ0n) is 10.4. The molecule has 0 saturated heterocycles. The second kappa shape index (κ2) is 5.29. The third kappa shape index (κ3) is 2.48. The van der Waals surface area contributed by atoms with Crippen LogP contribution in [-0.4, -0.2) is 23.7 Å². The first-order valence-corrected chi connectivity index (χ1v) is 5.54. The number of carbonyl (C=O) groups excluding carboxylic acids is 1. The average Bonchev–Trinajstić information content (AvgIpc) is 2.36. The molecule has 2 atom stereocenters. The SMILES string of the molecule is COC(=O)C(N)(C(C)C)C(O)c1ccccc1. The van der Waals surface area contributed by atoms with Crippen molar-refractivity contribution < 1.29 is 14.6 Å². The molecule has 2 unspecified atom stereocenters. The molecule has 0 saturated carbocycles. The summed E-state index contributed by atoms with van der Waals surface area (Å²) in [7, 11) is 1.27. The van der Waals surface area contributed by atoms with Crippen molar-refractivity contribution >= 4 is 5.97 Å². The number of nitrogens with two attached hydrogens (primary N) is 1. The lowest BCUT2D eigenvalue weighted by atomic mass is 9.79. The van der Waals surface area contributed by atoms with Crippen LogP contribution in [0.1, 0.15) is 25.5 Å². The summed E-state index contributed by atoms with van der Waals surface area (Å²) in [5, 5.41) is 10.3. The predicted molar refractivity (Wildman–Crippen MR) is 65.2 cm³/mol. The van der Waals surface area contributed by atoms with Crippen LogP contribution in [-0.2, 0) is 9.53 Å². The van der Waals surface area contributed by atoms with Gasteiger partial charge in [-0.3, -0.25) is 0 Å². The summed E-state index contributed by atoms with van der Waals surface area (Å²) in [6.07, 6.45) is -1.09. The Hall–Kier alpha value is -1.39. The van der Waals surface area contributed by atoms with E-state index < -0.39 is 17.6 Å². The molecule has 0 fully saturated rings. The van der Waals surface area contributed by atoms with Gasteiger partial charge in [0.25, 0.3) is 0 Å². The van der Waals surface area contributed by atoms with Gasteiger partial charge >= 0.3 is 5.97 Å². The van der Waals surface area contributed by atoms with Gasteiger partial charge in [-0.15, -0.1) is 0 Å². The zero-order valence-corrected chi connectivity index (χ0v) is 10.4. The first-order valence-electron chi connectivity index (χ1n) is 5.54. The second-order valence-corrected chi connectivity index (χ2v) is 4.39. The Kier molecular flexibility index (Phi) is 4.26. The van der Waals surface area contributed by atoms with Crippen molar-refractivity contribution in [3.8, 4) is 0 Å². The van der Waals surface area contributed by atoms with Crippen molar-refractivity contribution in [3.63, 3.8) is 0 Å². The van der Waals surface area contributed by atoms with Crippen LogP contribution in [0.25, 0.3) is 0 Å². The van der Waals surface area contributed by atoms with Gasteiger partial charge in [0.1, 0.15) is 11.6 Å². The molecule has 0 heterocycles. The molecule has 94 valence electrons. The highest BCUT2D eigenvalue weighted by Gasteiger charge is 2.46. The number of hydrogen-bond acceptors (Lipinski definition) is 4. The van der Waals surface area contributed by atoms with E-state index in [4.69, 9.17) is 10.5 Å². The third-order valence-electron chi connectivity index (χ3n) is 3.06. The molecule has 0 spiro atoms. The van der Waals surface area contributed by atoms with Crippen molar-refractivity contribution in [2.24, 2.45) is 11.7 Å². The van der Waals surface area contributed by atoms with Crippen molar-refractivity contribution in [1.82, 2.24) is 0 Å². The van der Waals surface area contributed by atoms with E-state index in [1.165, 1.54) is 7.11 Å². The van der Waals surface area contributed by atoms with Gasteiger partial charge in [0, 0.05) is 0 Å². The first-order chi connectivity index (χ1) is 7.94. The van der Waals surface area contributed by atoms with Gasteiger partial charge in [-0.25, -0.2) is 4.79 Å². The molecule has 0 bridgehead atoms. The number of esters is 1. The topological polar surface area (TPSA) is 72.5 Å². The van der Waals surface area contributed by atoms with E-state index >= 15 is 0 Å². The fraction of sp³-hybridized carbons (Fsp3) is 0.462. The highest BCUT2D eigenvalue weighted by Crippen LogP contribution is 2.31. The quantitative estimate of drug-likeness (QED) is 0.773. The Morgan fingerprint density at radius 2 is 1.88 bits per heavy atom. The minimum atomic E-state index is -1.43. The monoisotopic (exact) mass is 237 g/mol. The Morgan fingerprint density at radius 1 is 1.35 bits per heavy atom. The number of ether oxygens (including phenoxy) is 1. The summed E-state index contributed by atoms with van der Waals surface area (Å²) in [5.41, 5.74) is 5.22. The molecule has 1 rings (SSSR count). The fourth-order valence-electron chi connectivity index (χ4n) is 1.75. The van der Waals surface area contributed by atoms with Crippen molar-refractivity contribution in [2.75, 3.05) is 7.11 Å². The third-order valence-corrected chi connectivity index (χ3v) is 3.06. The molecule has 4 heteroatoms. The van der Waals surface area contributed by atoms with Gasteiger partial charge < -0.3 is 15.6 Å². The summed E-state index contributed by atoms with van der Waals surface area (Å²) < 4.78 is 4.70. The van der Waals surface area contributed by atoms with Crippen LogP contribution >= 0.6 is 0 Å². The number of aliphatic hydroxyl groups excluding tert-OH is 1. The largest absolute Gasteiger partial charge is 0.468 e. The van der Waals surface area contributed by atoms with Crippen molar-refractivity contribution in [2.45, 2.75) is 25.5 Å². The van der Waals surface area contributed by atoms with Crippen molar-refractivity contribution in [3.05, 3.63) is 35.9 Å². The molecule has 0 aromatic heterocycles. The number of hydrogen-bond donors (Lipinski definition) is 2. The Morgan fingerprint density at radius 3 is 2.29 bits per heavy atom. The van der Waals surface area contributed by atoms with Crippen LogP contribution in [0, 0.1) is 5.92 Å². The van der Waals surface area contributed by atoms with E-state index in [-0.39, 0.29) is 5.92 Å². The first kappa shape index (κ1) is 13.7. The average molecular weight is 237 g/mol. The van der Waals surface area contributed by atoms with Crippen molar-refractivity contribution in [1.29, 1.82) is 0 Å². The van der Waals surface area contributed by atoms with Crippen LogP contribution in [0.4, 0.5) is 0 Å². The Balaban J connectivity index is 3.12. The van der Waals surface area contributed by atoms with Gasteiger partial charge in [0.15, 0.2) is 0 Å². The van der Waals surface area contributed by atoms with E-state index in [0.717, 1.165) is 0 Å². The molecule has 0 amide bonds. The molecular weight excluding hydrogens is 218 g/mol. The maximum Gasteiger partial charge on any atom is 0.329 e. The molecule has 4 nitrogen and oxygen atoms in total. The smallest absolute Gasteiger partial charge is 0.329 e. The van der Waals surface area contributed by atoms with Crippen LogP contribution in [0.15, 0.2) is 30.3 Å². The maximum atomic E-state index is 11.8. The fourth-order valence-corrected chi connectivity index (χ4v) is 1.75. The molecule has 1 aromatic rings. The van der Waals surface area contributed by atoms with E-state index in [0.29, 0.717) is 5.56 Å². The van der Waals surface area contributed by atoms with Gasteiger partial charge in [0.05, 0.1) is 7.11 Å². The van der Waals surface area contributed by atoms with Crippen LogP contribution in [0.3, 0.4) is 0 Å². The van der Waals surface area contributed by atoms with E-state index in [2.05, 4.69) is 0 Å². The lowest BCUT2D eigenvalue weighted by molar-refractivity contribution is -0.154. The molecule has 17 heavy (non-hydrogen) atoms. The van der Waals surface area contributed by atoms with Gasteiger partial charge in [-0.05, 0) is 11.5 Å². The lowest BCUT2D eigenvalue weighted by Crippen LogP contribution is -2.57. The molecule has 1 aromatic carbocycles. The second-order valence-electron chi connectivity index (χ2n) is 4.39. The summed E-state index contributed by atoms with van der Waals surface area (Å²) in [6, 6.07) is 8.88. The standard InChI is InChI=1S/C13H19NO3/c1-9(2)13(14,12(16)17-3)11(15)10-7-5-4-6-8-10/h4-9,11,15H,14H2,1-3H3. The molecule has 0 aliphatic carbocycles. The predicted octanol–water partition coefficient (Wildman–Crippen LogP) is 1.25. The molecule has 3 N–H and O–H groups in total. The highest BCUT2D eigenvalue weighted by molar-refractivity contribution is 5.82. The molecule has 0 radical (unpaired) electrons. The van der Waals surface area contributed by atoms with E-state index in [9.17, 15) is 9.90 Å². The summed E-state index contributed by atoms with van der Waals surface area (Å²) >= 11 is 0. The zero-order chi connectivity index (χ0) is 13.1. The van der Waals surface area contributed by atoms with Gasteiger partial charge in [0.2, 0.25) is 0 Å².